The van der Waals surface area contributed by atoms with Gasteiger partial charge in [0.1, 0.15) is 12.4 Å². The Morgan fingerprint density at radius 2 is 2.20 bits per heavy atom. The molecule has 0 unspecified atom stereocenters. The van der Waals surface area contributed by atoms with Crippen LogP contribution in [-0.4, -0.2) is 31.0 Å². The van der Waals surface area contributed by atoms with Crippen molar-refractivity contribution < 1.29 is 13.9 Å². The molecule has 4 nitrogen and oxygen atoms in total. The third-order valence-corrected chi connectivity index (χ3v) is 2.55. The summed E-state index contributed by atoms with van der Waals surface area (Å²) in [6.07, 6.45) is 2.19. The maximum absolute atomic E-state index is 11.9. The molecule has 0 bridgehead atoms. The SMILES string of the molecule is COCc1ccc(C(=O)N2CCCC2)o1. The van der Waals surface area contributed by atoms with E-state index in [1.807, 2.05) is 4.90 Å². The molecule has 2 rings (SSSR count). The van der Waals surface area contributed by atoms with Crippen LogP contribution in [0.5, 0.6) is 0 Å². The molecule has 1 aromatic rings. The van der Waals surface area contributed by atoms with Gasteiger partial charge < -0.3 is 14.1 Å². The number of likely N-dealkylation sites (tertiary alicyclic amines) is 1. The van der Waals surface area contributed by atoms with Crippen molar-refractivity contribution in [3.8, 4) is 0 Å². The molecule has 1 aliphatic heterocycles. The summed E-state index contributed by atoms with van der Waals surface area (Å²) in [7, 11) is 1.60. The van der Waals surface area contributed by atoms with Crippen molar-refractivity contribution in [2.24, 2.45) is 0 Å². The number of amides is 1. The van der Waals surface area contributed by atoms with Crippen LogP contribution in [0.4, 0.5) is 0 Å². The van der Waals surface area contributed by atoms with Crippen LogP contribution < -0.4 is 0 Å². The van der Waals surface area contributed by atoms with Gasteiger partial charge in [0.25, 0.3) is 5.91 Å². The first-order valence-corrected chi connectivity index (χ1v) is 5.18. The number of methoxy groups -OCH3 is 1. The summed E-state index contributed by atoms with van der Waals surface area (Å²) in [5.41, 5.74) is 0. The number of carbonyl (C=O) groups excluding carboxylic acids is 1. The molecule has 2 heterocycles. The zero-order valence-electron chi connectivity index (χ0n) is 8.86. The van der Waals surface area contributed by atoms with Crippen LogP contribution in [0.3, 0.4) is 0 Å². The fourth-order valence-electron chi connectivity index (χ4n) is 1.79. The Morgan fingerprint density at radius 3 is 2.87 bits per heavy atom. The van der Waals surface area contributed by atoms with Gasteiger partial charge in [-0.05, 0) is 25.0 Å². The molecule has 0 saturated carbocycles. The van der Waals surface area contributed by atoms with Crippen molar-refractivity contribution in [2.45, 2.75) is 19.4 Å². The number of carbonyl (C=O) groups is 1. The number of nitrogens with zero attached hydrogens (tertiary/aromatic N) is 1. The predicted octanol–water partition coefficient (Wildman–Crippen LogP) is 1.66. The van der Waals surface area contributed by atoms with Crippen molar-refractivity contribution in [3.05, 3.63) is 23.7 Å². The molecule has 82 valence electrons. The highest BCUT2D eigenvalue weighted by Crippen LogP contribution is 2.15. The number of ether oxygens (including phenoxy) is 1. The van der Waals surface area contributed by atoms with E-state index in [0.29, 0.717) is 18.1 Å². The lowest BCUT2D eigenvalue weighted by molar-refractivity contribution is 0.0753. The molecule has 0 N–H and O–H groups in total. The fourth-order valence-corrected chi connectivity index (χ4v) is 1.79. The summed E-state index contributed by atoms with van der Waals surface area (Å²) in [4.78, 5) is 13.7. The molecule has 0 aromatic carbocycles. The summed E-state index contributed by atoms with van der Waals surface area (Å²) in [5.74, 6) is 1.11. The van der Waals surface area contributed by atoms with Crippen LogP contribution in [-0.2, 0) is 11.3 Å². The van der Waals surface area contributed by atoms with Gasteiger partial charge in [0.05, 0.1) is 0 Å². The number of hydrogen-bond donors (Lipinski definition) is 0. The molecule has 15 heavy (non-hydrogen) atoms. The van der Waals surface area contributed by atoms with Crippen LogP contribution in [0.2, 0.25) is 0 Å². The molecular weight excluding hydrogens is 194 g/mol. The van der Waals surface area contributed by atoms with E-state index < -0.39 is 0 Å². The van der Waals surface area contributed by atoms with Crippen molar-refractivity contribution in [1.29, 1.82) is 0 Å². The molecule has 0 atom stereocenters. The Labute approximate surface area is 88.8 Å². The minimum absolute atomic E-state index is 0.00477. The molecule has 0 spiro atoms. The highest BCUT2D eigenvalue weighted by atomic mass is 16.5. The van der Waals surface area contributed by atoms with Gasteiger partial charge in [0.2, 0.25) is 0 Å². The second kappa shape index (κ2) is 4.49. The van der Waals surface area contributed by atoms with Crippen molar-refractivity contribution >= 4 is 5.91 Å². The molecule has 0 radical (unpaired) electrons. The fraction of sp³-hybridized carbons (Fsp3) is 0.545. The van der Waals surface area contributed by atoms with Crippen molar-refractivity contribution in [3.63, 3.8) is 0 Å². The molecule has 1 aliphatic rings. The summed E-state index contributed by atoms with van der Waals surface area (Å²) < 4.78 is 10.3. The smallest absolute Gasteiger partial charge is 0.289 e. The van der Waals surface area contributed by atoms with E-state index in [0.717, 1.165) is 25.9 Å². The third kappa shape index (κ3) is 2.21. The van der Waals surface area contributed by atoms with Crippen LogP contribution in [0.25, 0.3) is 0 Å². The Balaban J connectivity index is 2.04. The lowest BCUT2D eigenvalue weighted by atomic mass is 10.4. The second-order valence-electron chi connectivity index (χ2n) is 3.70. The minimum Gasteiger partial charge on any atom is -0.453 e. The van der Waals surface area contributed by atoms with Gasteiger partial charge in [-0.15, -0.1) is 0 Å². The lowest BCUT2D eigenvalue weighted by Crippen LogP contribution is -2.27. The largest absolute Gasteiger partial charge is 0.453 e. The normalized spacial score (nSPS) is 15.9. The molecule has 1 amide bonds. The molecule has 1 fully saturated rings. The lowest BCUT2D eigenvalue weighted by Gasteiger charge is -2.12. The van der Waals surface area contributed by atoms with Crippen molar-refractivity contribution in [2.75, 3.05) is 20.2 Å². The molecule has 0 aliphatic carbocycles. The zero-order chi connectivity index (χ0) is 10.7. The van der Waals surface area contributed by atoms with Gasteiger partial charge in [-0.3, -0.25) is 4.79 Å². The van der Waals surface area contributed by atoms with Gasteiger partial charge >= 0.3 is 0 Å². The van der Waals surface area contributed by atoms with Gasteiger partial charge in [-0.1, -0.05) is 0 Å². The van der Waals surface area contributed by atoms with E-state index >= 15 is 0 Å². The van der Waals surface area contributed by atoms with E-state index in [1.165, 1.54) is 0 Å². The van der Waals surface area contributed by atoms with Gasteiger partial charge in [0.15, 0.2) is 5.76 Å². The summed E-state index contributed by atoms with van der Waals surface area (Å²) in [6.45, 7) is 2.10. The number of furan rings is 1. The first-order chi connectivity index (χ1) is 7.31. The highest BCUT2D eigenvalue weighted by Gasteiger charge is 2.21. The number of rotatable bonds is 3. The van der Waals surface area contributed by atoms with Gasteiger partial charge in [-0.2, -0.15) is 0 Å². The maximum atomic E-state index is 11.9. The van der Waals surface area contributed by atoms with Gasteiger partial charge in [0, 0.05) is 20.2 Å². The predicted molar refractivity (Wildman–Crippen MR) is 54.6 cm³/mol. The Kier molecular flexibility index (Phi) is 3.06. The Bertz CT molecular complexity index is 339. The van der Waals surface area contributed by atoms with E-state index in [9.17, 15) is 4.79 Å². The summed E-state index contributed by atoms with van der Waals surface area (Å²) in [6, 6.07) is 3.50. The summed E-state index contributed by atoms with van der Waals surface area (Å²) in [5, 5.41) is 0. The molecule has 1 aromatic heterocycles. The monoisotopic (exact) mass is 209 g/mol. The van der Waals surface area contributed by atoms with E-state index in [-0.39, 0.29) is 5.91 Å². The number of hydrogen-bond acceptors (Lipinski definition) is 3. The molecule has 4 heteroatoms. The average Bonchev–Trinajstić information content (AvgIpc) is 2.87. The summed E-state index contributed by atoms with van der Waals surface area (Å²) >= 11 is 0. The van der Waals surface area contributed by atoms with Crippen molar-refractivity contribution in [1.82, 2.24) is 4.90 Å². The Hall–Kier alpha value is -1.29. The van der Waals surface area contributed by atoms with E-state index in [1.54, 1.807) is 19.2 Å². The quantitative estimate of drug-likeness (QED) is 0.760. The van der Waals surface area contributed by atoms with E-state index in [4.69, 9.17) is 9.15 Å². The first-order valence-electron chi connectivity index (χ1n) is 5.18. The van der Waals surface area contributed by atoms with Crippen LogP contribution in [0, 0.1) is 0 Å². The second-order valence-corrected chi connectivity index (χ2v) is 3.70. The zero-order valence-corrected chi connectivity index (χ0v) is 8.86. The minimum atomic E-state index is -0.00477. The third-order valence-electron chi connectivity index (χ3n) is 2.55. The van der Waals surface area contributed by atoms with Gasteiger partial charge in [-0.25, -0.2) is 0 Å². The average molecular weight is 209 g/mol. The first kappa shape index (κ1) is 10.2. The van der Waals surface area contributed by atoms with Crippen LogP contribution in [0.15, 0.2) is 16.5 Å². The molecular formula is C11H15NO3. The van der Waals surface area contributed by atoms with Crippen LogP contribution >= 0.6 is 0 Å². The standard InChI is InChI=1S/C11H15NO3/c1-14-8-9-4-5-10(15-9)11(13)12-6-2-3-7-12/h4-5H,2-3,6-8H2,1H3. The maximum Gasteiger partial charge on any atom is 0.289 e. The van der Waals surface area contributed by atoms with E-state index in [2.05, 4.69) is 0 Å². The van der Waals surface area contributed by atoms with Crippen LogP contribution in [0.1, 0.15) is 29.2 Å². The highest BCUT2D eigenvalue weighted by molar-refractivity contribution is 5.91. The molecule has 1 saturated heterocycles. The Morgan fingerprint density at radius 1 is 1.47 bits per heavy atom. The topological polar surface area (TPSA) is 42.7 Å².